The zero-order valence-corrected chi connectivity index (χ0v) is 13.6. The third-order valence-electron chi connectivity index (χ3n) is 4.01. The molecule has 0 spiro atoms. The van der Waals surface area contributed by atoms with E-state index in [0.29, 0.717) is 5.76 Å². The molecule has 0 saturated carbocycles. The number of fused-ring (bicyclic) bond motifs is 1. The van der Waals surface area contributed by atoms with Crippen molar-refractivity contribution < 1.29 is 18.7 Å². The highest BCUT2D eigenvalue weighted by Crippen LogP contribution is 2.32. The molecular weight excluding hydrogens is 306 g/mol. The van der Waals surface area contributed by atoms with Crippen molar-refractivity contribution in [3.05, 3.63) is 60.1 Å². The smallest absolute Gasteiger partial charge is 0.331 e. The maximum absolute atomic E-state index is 12.7. The summed E-state index contributed by atoms with van der Waals surface area (Å²) in [5, 5.41) is 0. The van der Waals surface area contributed by atoms with Crippen LogP contribution in [0, 0.1) is 0 Å². The minimum atomic E-state index is -0.854. The molecule has 2 atom stereocenters. The minimum Gasteiger partial charge on any atom is -0.465 e. The second-order valence-electron chi connectivity index (χ2n) is 5.82. The molecule has 124 valence electrons. The Labute approximate surface area is 140 Å². The highest BCUT2D eigenvalue weighted by atomic mass is 16.5. The summed E-state index contributed by atoms with van der Waals surface area (Å²) in [6.45, 7) is 3.58. The van der Waals surface area contributed by atoms with Crippen LogP contribution in [0.2, 0.25) is 0 Å². The molecule has 0 fully saturated rings. The number of ether oxygens (including phenoxy) is 1. The highest BCUT2D eigenvalue weighted by molar-refractivity contribution is 6.00. The number of rotatable bonds is 4. The number of hydrogen-bond donors (Lipinski definition) is 0. The number of carbonyl (C=O) groups is 2. The van der Waals surface area contributed by atoms with E-state index in [2.05, 4.69) is 0 Å². The molecule has 2 heterocycles. The summed E-state index contributed by atoms with van der Waals surface area (Å²) in [7, 11) is 0. The van der Waals surface area contributed by atoms with Crippen LogP contribution in [0.1, 0.15) is 25.2 Å². The summed E-state index contributed by atoms with van der Waals surface area (Å²) in [6, 6.07) is 11.3. The van der Waals surface area contributed by atoms with Gasteiger partial charge in [0, 0.05) is 17.8 Å². The number of benzene rings is 1. The molecule has 24 heavy (non-hydrogen) atoms. The van der Waals surface area contributed by atoms with E-state index in [4.69, 9.17) is 9.15 Å². The third kappa shape index (κ3) is 3.25. The van der Waals surface area contributed by atoms with Gasteiger partial charge in [0.25, 0.3) is 5.91 Å². The average molecular weight is 325 g/mol. The molecule has 0 bridgehead atoms. The fourth-order valence-electron chi connectivity index (χ4n) is 2.90. The normalized spacial score (nSPS) is 17.8. The van der Waals surface area contributed by atoms with Crippen molar-refractivity contribution in [2.24, 2.45) is 0 Å². The van der Waals surface area contributed by atoms with Crippen LogP contribution in [0.15, 0.2) is 53.2 Å². The number of hydrogen-bond acceptors (Lipinski definition) is 4. The van der Waals surface area contributed by atoms with Crippen LogP contribution >= 0.6 is 0 Å². The van der Waals surface area contributed by atoms with E-state index in [1.165, 1.54) is 18.4 Å². The quantitative estimate of drug-likeness (QED) is 0.640. The van der Waals surface area contributed by atoms with Crippen LogP contribution in [-0.4, -0.2) is 24.0 Å². The topological polar surface area (TPSA) is 59.8 Å². The molecule has 0 aliphatic carbocycles. The minimum absolute atomic E-state index is 0.0507. The Bertz CT molecular complexity index is 763. The maximum Gasteiger partial charge on any atom is 0.331 e. The lowest BCUT2D eigenvalue weighted by Gasteiger charge is -2.25. The van der Waals surface area contributed by atoms with Gasteiger partial charge in [0.15, 0.2) is 6.10 Å². The largest absolute Gasteiger partial charge is 0.465 e. The van der Waals surface area contributed by atoms with Gasteiger partial charge in [-0.15, -0.1) is 0 Å². The van der Waals surface area contributed by atoms with E-state index in [-0.39, 0.29) is 11.9 Å². The Morgan fingerprint density at radius 1 is 1.29 bits per heavy atom. The first-order chi connectivity index (χ1) is 11.6. The van der Waals surface area contributed by atoms with E-state index >= 15 is 0 Å². The van der Waals surface area contributed by atoms with Crippen molar-refractivity contribution in [2.75, 3.05) is 4.90 Å². The van der Waals surface area contributed by atoms with Gasteiger partial charge in [-0.2, -0.15) is 0 Å². The maximum atomic E-state index is 12.7. The van der Waals surface area contributed by atoms with Gasteiger partial charge in [-0.1, -0.05) is 18.2 Å². The highest BCUT2D eigenvalue weighted by Gasteiger charge is 2.34. The molecular formula is C19H19NO4. The number of nitrogens with zero attached hydrogens (tertiary/aromatic N) is 1. The Balaban J connectivity index is 1.66. The first kappa shape index (κ1) is 16.1. The number of para-hydroxylation sites is 1. The first-order valence-corrected chi connectivity index (χ1v) is 7.89. The number of amides is 1. The lowest BCUT2D eigenvalue weighted by molar-refractivity contribution is -0.149. The number of anilines is 1. The Morgan fingerprint density at radius 3 is 2.83 bits per heavy atom. The number of carbonyl (C=O) groups excluding carboxylic acids is 2. The van der Waals surface area contributed by atoms with E-state index in [1.807, 2.05) is 31.2 Å². The summed E-state index contributed by atoms with van der Waals surface area (Å²) in [5.41, 5.74) is 2.03. The summed E-state index contributed by atoms with van der Waals surface area (Å²) < 4.78 is 10.3. The third-order valence-corrected chi connectivity index (χ3v) is 4.01. The Morgan fingerprint density at radius 2 is 2.08 bits per heavy atom. The van der Waals surface area contributed by atoms with Crippen LogP contribution in [0.4, 0.5) is 5.69 Å². The molecule has 1 amide bonds. The molecule has 0 saturated heterocycles. The summed E-state index contributed by atoms with van der Waals surface area (Å²) in [6.07, 6.45) is 4.23. The number of furan rings is 1. The van der Waals surface area contributed by atoms with Gasteiger partial charge < -0.3 is 14.1 Å². The van der Waals surface area contributed by atoms with Crippen LogP contribution in [0.3, 0.4) is 0 Å². The van der Waals surface area contributed by atoms with Crippen LogP contribution in [0.5, 0.6) is 0 Å². The molecule has 1 aliphatic rings. The standard InChI is InChI=1S/C19H19NO4/c1-13-12-15-6-3-4-8-17(15)20(13)19(22)14(2)24-18(21)10-9-16-7-5-11-23-16/h3-11,13-14H,12H2,1-2H3/b10-9+/t13-,14-/m0/s1. The van der Waals surface area contributed by atoms with Gasteiger partial charge in [-0.25, -0.2) is 4.79 Å². The van der Waals surface area contributed by atoms with Gasteiger partial charge in [0.2, 0.25) is 0 Å². The predicted molar refractivity (Wildman–Crippen MR) is 90.4 cm³/mol. The average Bonchev–Trinajstić information content (AvgIpc) is 3.18. The van der Waals surface area contributed by atoms with Crippen molar-refractivity contribution in [3.63, 3.8) is 0 Å². The molecule has 0 radical (unpaired) electrons. The second-order valence-corrected chi connectivity index (χ2v) is 5.82. The van der Waals surface area contributed by atoms with Crippen molar-refractivity contribution >= 4 is 23.6 Å². The summed E-state index contributed by atoms with van der Waals surface area (Å²) in [4.78, 5) is 26.3. The van der Waals surface area contributed by atoms with Crippen LogP contribution in [0.25, 0.3) is 6.08 Å². The van der Waals surface area contributed by atoms with Gasteiger partial charge >= 0.3 is 5.97 Å². The summed E-state index contributed by atoms with van der Waals surface area (Å²) in [5.74, 6) is -0.243. The first-order valence-electron chi connectivity index (χ1n) is 7.89. The zero-order valence-electron chi connectivity index (χ0n) is 13.6. The fourth-order valence-corrected chi connectivity index (χ4v) is 2.90. The lowest BCUT2D eigenvalue weighted by Crippen LogP contribution is -2.43. The van der Waals surface area contributed by atoms with Gasteiger partial charge in [-0.05, 0) is 50.1 Å². The zero-order chi connectivity index (χ0) is 17.1. The van der Waals surface area contributed by atoms with E-state index in [0.717, 1.165) is 17.7 Å². The molecule has 1 aromatic carbocycles. The van der Waals surface area contributed by atoms with E-state index in [1.54, 1.807) is 24.0 Å². The monoisotopic (exact) mass is 325 g/mol. The fraction of sp³-hybridized carbons (Fsp3) is 0.263. The Hall–Kier alpha value is -2.82. The second kappa shape index (κ2) is 6.74. The van der Waals surface area contributed by atoms with Crippen LogP contribution < -0.4 is 4.90 Å². The lowest BCUT2D eigenvalue weighted by atomic mass is 10.1. The molecule has 5 heteroatoms. The molecule has 3 rings (SSSR count). The van der Waals surface area contributed by atoms with E-state index in [9.17, 15) is 9.59 Å². The molecule has 1 aliphatic heterocycles. The molecule has 0 N–H and O–H groups in total. The van der Waals surface area contributed by atoms with Crippen molar-refractivity contribution in [2.45, 2.75) is 32.4 Å². The number of esters is 1. The molecule has 1 aromatic heterocycles. The van der Waals surface area contributed by atoms with Gasteiger partial charge in [0.05, 0.1) is 6.26 Å². The van der Waals surface area contributed by atoms with Crippen molar-refractivity contribution in [1.82, 2.24) is 0 Å². The van der Waals surface area contributed by atoms with Crippen molar-refractivity contribution in [1.29, 1.82) is 0 Å². The SMILES string of the molecule is C[C@H](OC(=O)/C=C/c1ccco1)C(=O)N1c2ccccc2C[C@@H]1C. The Kier molecular flexibility index (Phi) is 4.51. The molecule has 0 unspecified atom stereocenters. The summed E-state index contributed by atoms with van der Waals surface area (Å²) >= 11 is 0. The van der Waals surface area contributed by atoms with Crippen LogP contribution in [-0.2, 0) is 20.7 Å². The van der Waals surface area contributed by atoms with Gasteiger partial charge in [0.1, 0.15) is 5.76 Å². The van der Waals surface area contributed by atoms with Crippen molar-refractivity contribution in [3.8, 4) is 0 Å². The predicted octanol–water partition coefficient (Wildman–Crippen LogP) is 3.20. The van der Waals surface area contributed by atoms with E-state index < -0.39 is 12.1 Å². The molecule has 2 aromatic rings. The molecule has 5 nitrogen and oxygen atoms in total. The van der Waals surface area contributed by atoms with Gasteiger partial charge in [-0.3, -0.25) is 4.79 Å².